The van der Waals surface area contributed by atoms with Crippen LogP contribution in [0.2, 0.25) is 0 Å². The van der Waals surface area contributed by atoms with E-state index in [1.54, 1.807) is 11.8 Å². The lowest BCUT2D eigenvalue weighted by Gasteiger charge is -2.43. The third kappa shape index (κ3) is 3.18. The lowest BCUT2D eigenvalue weighted by Crippen LogP contribution is -2.46. The quantitative estimate of drug-likeness (QED) is 0.433. The van der Waals surface area contributed by atoms with E-state index in [1.807, 2.05) is 12.4 Å². The second-order valence-electron chi connectivity index (χ2n) is 9.68. The van der Waals surface area contributed by atoms with Crippen molar-refractivity contribution < 1.29 is 0 Å². The van der Waals surface area contributed by atoms with Gasteiger partial charge in [0.05, 0.1) is 18.3 Å². The van der Waals surface area contributed by atoms with Gasteiger partial charge in [-0.05, 0) is 54.0 Å². The minimum atomic E-state index is 0.140. The molecular formula is C27H26N6S. The fraction of sp³-hybridized carbons (Fsp3) is 0.296. The third-order valence-electron chi connectivity index (χ3n) is 7.85. The molecule has 2 aromatic carbocycles. The molecule has 1 aliphatic carbocycles. The number of aliphatic imine (C=N–C) groups is 1. The number of nitrogens with one attached hydrogen (secondary N) is 1. The zero-order valence-corrected chi connectivity index (χ0v) is 19.7. The molecule has 0 radical (unpaired) electrons. The molecule has 1 saturated heterocycles. The summed E-state index contributed by atoms with van der Waals surface area (Å²) in [4.78, 5) is 21.3. The first-order valence-corrected chi connectivity index (χ1v) is 12.8. The van der Waals surface area contributed by atoms with Crippen LogP contribution < -0.4 is 5.73 Å². The normalized spacial score (nSPS) is 20.6. The molecule has 3 aliphatic rings. The molecule has 34 heavy (non-hydrogen) atoms. The van der Waals surface area contributed by atoms with Gasteiger partial charge in [-0.2, -0.15) is 0 Å². The minimum Gasteiger partial charge on any atom is -0.361 e. The summed E-state index contributed by atoms with van der Waals surface area (Å²) in [5, 5.41) is 2.12. The van der Waals surface area contributed by atoms with Gasteiger partial charge in [0.1, 0.15) is 10.9 Å². The van der Waals surface area contributed by atoms with Crippen LogP contribution in [0.5, 0.6) is 0 Å². The Bertz CT molecular complexity index is 1430. The van der Waals surface area contributed by atoms with Crippen LogP contribution in [-0.2, 0) is 12.8 Å². The second-order valence-corrected chi connectivity index (χ2v) is 10.7. The van der Waals surface area contributed by atoms with Crippen LogP contribution in [0.1, 0.15) is 35.7 Å². The van der Waals surface area contributed by atoms with Gasteiger partial charge in [-0.25, -0.2) is 15.0 Å². The standard InChI is InChI=1S/C27H26N6S/c28-25-18-5-2-1-4-17(18)15-27(25)9-12-33(13-10-27)23-14-21-26(32-23)30-16-24(31-21)34-22-7-3-6-20-19(22)8-11-29-20/h1-8,11,16,25,29H,9-10,12-15,28H2/t25-/m1/s1. The van der Waals surface area contributed by atoms with Gasteiger partial charge in [-0.1, -0.05) is 42.1 Å². The number of aromatic nitrogens is 3. The largest absolute Gasteiger partial charge is 0.361 e. The summed E-state index contributed by atoms with van der Waals surface area (Å²) in [6, 6.07) is 17.2. The molecule has 2 aliphatic heterocycles. The predicted octanol–water partition coefficient (Wildman–Crippen LogP) is 5.03. The van der Waals surface area contributed by atoms with Crippen LogP contribution in [0.4, 0.5) is 5.82 Å². The van der Waals surface area contributed by atoms with E-state index < -0.39 is 0 Å². The zero-order chi connectivity index (χ0) is 22.7. The molecule has 7 rings (SSSR count). The van der Waals surface area contributed by atoms with Gasteiger partial charge in [-0.15, -0.1) is 0 Å². The SMILES string of the molecule is N[C@@H]1c2ccccc2CC12CCN(C1=Nc3ncc(Sc4cccc5[nH]ccc45)nc3C1)CC2. The number of nitrogens with zero attached hydrogens (tertiary/aromatic N) is 4. The van der Waals surface area contributed by atoms with Crippen molar-refractivity contribution in [1.82, 2.24) is 19.9 Å². The number of fused-ring (bicyclic) bond motifs is 3. The lowest BCUT2D eigenvalue weighted by molar-refractivity contribution is 0.127. The number of piperidine rings is 1. The van der Waals surface area contributed by atoms with Gasteiger partial charge < -0.3 is 15.6 Å². The number of hydrogen-bond acceptors (Lipinski definition) is 6. The van der Waals surface area contributed by atoms with Gasteiger partial charge >= 0.3 is 0 Å². The maximum Gasteiger partial charge on any atom is 0.176 e. The topological polar surface area (TPSA) is 83.2 Å². The highest BCUT2D eigenvalue weighted by atomic mass is 32.2. The van der Waals surface area contributed by atoms with Crippen molar-refractivity contribution >= 4 is 34.3 Å². The molecule has 0 bridgehead atoms. The fourth-order valence-corrected chi connectivity index (χ4v) is 6.85. The van der Waals surface area contributed by atoms with Gasteiger partial charge in [0.25, 0.3) is 0 Å². The maximum atomic E-state index is 6.76. The summed E-state index contributed by atoms with van der Waals surface area (Å²) in [7, 11) is 0. The van der Waals surface area contributed by atoms with E-state index in [4.69, 9.17) is 15.7 Å². The third-order valence-corrected chi connectivity index (χ3v) is 8.83. The number of H-pyrrole nitrogens is 1. The van der Waals surface area contributed by atoms with Crippen molar-refractivity contribution in [3.63, 3.8) is 0 Å². The molecule has 0 amide bonds. The van der Waals surface area contributed by atoms with Gasteiger partial charge in [0.2, 0.25) is 0 Å². The Morgan fingerprint density at radius 2 is 1.94 bits per heavy atom. The average Bonchev–Trinajstić information content (AvgIpc) is 3.57. The number of aromatic amines is 1. The summed E-state index contributed by atoms with van der Waals surface area (Å²) in [5.41, 5.74) is 11.8. The average molecular weight is 467 g/mol. The summed E-state index contributed by atoms with van der Waals surface area (Å²) in [6.07, 6.45) is 7.87. The number of benzene rings is 2. The van der Waals surface area contributed by atoms with Crippen LogP contribution in [0.3, 0.4) is 0 Å². The Morgan fingerprint density at radius 3 is 2.82 bits per heavy atom. The molecule has 6 nitrogen and oxygen atoms in total. The van der Waals surface area contributed by atoms with Crippen molar-refractivity contribution in [2.24, 2.45) is 16.1 Å². The first kappa shape index (κ1) is 20.2. The van der Waals surface area contributed by atoms with Crippen LogP contribution in [0.25, 0.3) is 10.9 Å². The number of amidine groups is 1. The van der Waals surface area contributed by atoms with Crippen molar-refractivity contribution in [2.75, 3.05) is 13.1 Å². The summed E-state index contributed by atoms with van der Waals surface area (Å²) < 4.78 is 0. The number of rotatable bonds is 2. The molecule has 170 valence electrons. The molecule has 0 saturated carbocycles. The molecule has 4 aromatic rings. The number of likely N-dealkylation sites (tertiary alicyclic amines) is 1. The van der Waals surface area contributed by atoms with Gasteiger partial charge in [0, 0.05) is 41.1 Å². The molecule has 1 fully saturated rings. The first-order valence-electron chi connectivity index (χ1n) is 11.9. The van der Waals surface area contributed by atoms with Crippen molar-refractivity contribution in [2.45, 2.75) is 41.6 Å². The molecular weight excluding hydrogens is 440 g/mol. The van der Waals surface area contributed by atoms with E-state index in [-0.39, 0.29) is 11.5 Å². The second kappa shape index (κ2) is 7.68. The molecule has 7 heteroatoms. The molecule has 1 atom stereocenters. The molecule has 3 N–H and O–H groups in total. The first-order chi connectivity index (χ1) is 16.7. The van der Waals surface area contributed by atoms with E-state index in [0.717, 1.165) is 66.7 Å². The van der Waals surface area contributed by atoms with E-state index >= 15 is 0 Å². The van der Waals surface area contributed by atoms with Crippen molar-refractivity contribution in [3.05, 3.63) is 77.7 Å². The highest BCUT2D eigenvalue weighted by molar-refractivity contribution is 7.99. The monoisotopic (exact) mass is 466 g/mol. The summed E-state index contributed by atoms with van der Waals surface area (Å²) in [5.74, 6) is 1.87. The maximum absolute atomic E-state index is 6.76. The predicted molar refractivity (Wildman–Crippen MR) is 136 cm³/mol. The lowest BCUT2D eigenvalue weighted by atomic mass is 9.73. The van der Waals surface area contributed by atoms with E-state index in [9.17, 15) is 0 Å². The summed E-state index contributed by atoms with van der Waals surface area (Å²) in [6.45, 7) is 1.98. The van der Waals surface area contributed by atoms with Crippen molar-refractivity contribution in [3.8, 4) is 0 Å². The number of nitrogens with two attached hydrogens (primary N) is 1. The molecule has 1 spiro atoms. The van der Waals surface area contributed by atoms with Crippen LogP contribution >= 0.6 is 11.8 Å². The zero-order valence-electron chi connectivity index (χ0n) is 18.9. The van der Waals surface area contributed by atoms with Crippen LogP contribution in [0, 0.1) is 5.41 Å². The van der Waals surface area contributed by atoms with E-state index in [2.05, 4.69) is 63.4 Å². The summed E-state index contributed by atoms with van der Waals surface area (Å²) >= 11 is 1.66. The smallest absolute Gasteiger partial charge is 0.176 e. The van der Waals surface area contributed by atoms with Crippen LogP contribution in [0.15, 0.2) is 75.8 Å². The fourth-order valence-electron chi connectivity index (χ4n) is 5.93. The van der Waals surface area contributed by atoms with E-state index in [1.165, 1.54) is 21.4 Å². The Morgan fingerprint density at radius 1 is 1.06 bits per heavy atom. The minimum absolute atomic E-state index is 0.140. The highest BCUT2D eigenvalue weighted by Crippen LogP contribution is 2.50. The Labute approximate surface area is 202 Å². The van der Waals surface area contributed by atoms with E-state index in [0.29, 0.717) is 0 Å². The molecule has 4 heterocycles. The molecule has 2 aromatic heterocycles. The van der Waals surface area contributed by atoms with Gasteiger partial charge in [-0.3, -0.25) is 0 Å². The van der Waals surface area contributed by atoms with Crippen LogP contribution in [-0.4, -0.2) is 38.8 Å². The molecule has 0 unspecified atom stereocenters. The number of hydrogen-bond donors (Lipinski definition) is 2. The highest BCUT2D eigenvalue weighted by Gasteiger charge is 2.46. The van der Waals surface area contributed by atoms with Gasteiger partial charge in [0.15, 0.2) is 5.82 Å². The Kier molecular flexibility index (Phi) is 4.57. The Hall–Kier alpha value is -3.16. The Balaban J connectivity index is 1.05. The van der Waals surface area contributed by atoms with Crippen molar-refractivity contribution in [1.29, 1.82) is 0 Å².